The average molecular weight is 238 g/mol. The van der Waals surface area contributed by atoms with Crippen molar-refractivity contribution in [3.05, 3.63) is 35.4 Å². The molecule has 2 aliphatic rings. The quantitative estimate of drug-likeness (QED) is 0.816. The fraction of sp³-hybridized carbons (Fsp3) is 0.438. The topological polar surface area (TPSA) is 24.9 Å². The van der Waals surface area contributed by atoms with Gasteiger partial charge in [0.25, 0.3) is 0 Å². The van der Waals surface area contributed by atoms with E-state index < -0.39 is 0 Å². The van der Waals surface area contributed by atoms with Crippen LogP contribution in [0.3, 0.4) is 0 Å². The smallest absolute Gasteiger partial charge is 0.130 e. The average Bonchev–Trinajstić information content (AvgIpc) is 2.99. The third kappa shape index (κ3) is 1.45. The molecule has 2 nitrogen and oxygen atoms in total. The fourth-order valence-corrected chi connectivity index (χ4v) is 2.94. The minimum absolute atomic E-state index is 0.383. The summed E-state index contributed by atoms with van der Waals surface area (Å²) in [6, 6.07) is 9.01. The second-order valence-electron chi connectivity index (χ2n) is 6.19. The van der Waals surface area contributed by atoms with Crippen LogP contribution in [0.15, 0.2) is 24.3 Å². The van der Waals surface area contributed by atoms with Crippen molar-refractivity contribution < 1.29 is 0 Å². The van der Waals surface area contributed by atoms with E-state index in [0.29, 0.717) is 11.5 Å². The van der Waals surface area contributed by atoms with Crippen LogP contribution in [0.25, 0.3) is 10.9 Å². The van der Waals surface area contributed by atoms with Gasteiger partial charge in [0, 0.05) is 10.9 Å². The van der Waals surface area contributed by atoms with E-state index >= 15 is 0 Å². The molecule has 1 spiro atoms. The number of hydrogen-bond acceptors (Lipinski definition) is 2. The first-order valence-corrected chi connectivity index (χ1v) is 6.87. The van der Waals surface area contributed by atoms with E-state index in [1.54, 1.807) is 0 Å². The molecule has 0 saturated heterocycles. The summed E-state index contributed by atoms with van der Waals surface area (Å²) >= 11 is 0. The van der Waals surface area contributed by atoms with E-state index in [-0.39, 0.29) is 0 Å². The summed E-state index contributed by atoms with van der Waals surface area (Å²) in [7, 11) is 0. The van der Waals surface area contributed by atoms with Gasteiger partial charge in [0.1, 0.15) is 5.82 Å². The van der Waals surface area contributed by atoms with E-state index in [0.717, 1.165) is 17.8 Å². The minimum Gasteiger partial charge on any atom is -0.364 e. The highest BCUT2D eigenvalue weighted by Gasteiger charge is 2.47. The van der Waals surface area contributed by atoms with Crippen LogP contribution >= 0.6 is 0 Å². The molecule has 1 fully saturated rings. The molecule has 18 heavy (non-hydrogen) atoms. The predicted octanol–water partition coefficient (Wildman–Crippen LogP) is 3.86. The maximum atomic E-state index is 4.82. The van der Waals surface area contributed by atoms with E-state index in [4.69, 9.17) is 4.98 Å². The third-order valence-corrected chi connectivity index (χ3v) is 4.35. The molecule has 1 N–H and O–H groups in total. The van der Waals surface area contributed by atoms with Crippen molar-refractivity contribution >= 4 is 16.7 Å². The van der Waals surface area contributed by atoms with Gasteiger partial charge in [-0.2, -0.15) is 0 Å². The molecule has 1 aromatic heterocycles. The lowest BCUT2D eigenvalue weighted by Gasteiger charge is -2.08. The number of rotatable bonds is 1. The van der Waals surface area contributed by atoms with Gasteiger partial charge >= 0.3 is 0 Å². The van der Waals surface area contributed by atoms with Crippen LogP contribution in [0.1, 0.15) is 43.7 Å². The number of hydrogen-bond donors (Lipinski definition) is 1. The molecule has 92 valence electrons. The van der Waals surface area contributed by atoms with Gasteiger partial charge in [-0.05, 0) is 48.4 Å². The first-order chi connectivity index (χ1) is 8.65. The molecule has 0 bridgehead atoms. The Hall–Kier alpha value is -1.57. The number of nitrogens with one attached hydrogen (secondary N) is 1. The molecule has 1 saturated carbocycles. The highest BCUT2D eigenvalue weighted by molar-refractivity contribution is 5.83. The minimum atomic E-state index is 0.383. The van der Waals surface area contributed by atoms with E-state index in [2.05, 4.69) is 43.4 Å². The third-order valence-electron chi connectivity index (χ3n) is 4.35. The Labute approximate surface area is 107 Å². The molecule has 2 aromatic rings. The lowest BCUT2D eigenvalue weighted by molar-refractivity contribution is 0.771. The number of pyridine rings is 1. The van der Waals surface area contributed by atoms with Gasteiger partial charge in [0.2, 0.25) is 0 Å². The van der Waals surface area contributed by atoms with Crippen molar-refractivity contribution in [2.45, 2.75) is 44.6 Å². The van der Waals surface area contributed by atoms with Gasteiger partial charge in [-0.15, -0.1) is 0 Å². The van der Waals surface area contributed by atoms with Crippen LogP contribution in [0, 0.1) is 0 Å². The Balaban J connectivity index is 1.86. The zero-order valence-electron chi connectivity index (χ0n) is 11.0. The number of anilines is 1. The Bertz CT molecular complexity index is 639. The Morgan fingerprint density at radius 1 is 1.22 bits per heavy atom. The van der Waals surface area contributed by atoms with E-state index in [9.17, 15) is 0 Å². The van der Waals surface area contributed by atoms with Gasteiger partial charge in [-0.3, -0.25) is 0 Å². The summed E-state index contributed by atoms with van der Waals surface area (Å²) in [4.78, 5) is 4.82. The molecular formula is C16H18N2. The summed E-state index contributed by atoms with van der Waals surface area (Å²) in [6.45, 7) is 4.46. The summed E-state index contributed by atoms with van der Waals surface area (Å²) in [5, 5.41) is 4.89. The summed E-state index contributed by atoms with van der Waals surface area (Å²) < 4.78 is 0. The van der Waals surface area contributed by atoms with Crippen LogP contribution < -0.4 is 5.32 Å². The van der Waals surface area contributed by atoms with Gasteiger partial charge in [0.05, 0.1) is 5.52 Å². The fourth-order valence-electron chi connectivity index (χ4n) is 2.94. The summed E-state index contributed by atoms with van der Waals surface area (Å²) in [5.74, 6) is 1.69. The molecule has 0 radical (unpaired) electrons. The number of nitrogens with zero attached hydrogens (tertiary/aromatic N) is 1. The number of fused-ring (bicyclic) bond motifs is 2. The largest absolute Gasteiger partial charge is 0.364 e. The molecule has 1 aromatic carbocycles. The molecule has 2 heteroatoms. The van der Waals surface area contributed by atoms with Gasteiger partial charge in [-0.25, -0.2) is 4.98 Å². The Kier molecular flexibility index (Phi) is 1.87. The van der Waals surface area contributed by atoms with Crippen molar-refractivity contribution in [3.63, 3.8) is 0 Å². The van der Waals surface area contributed by atoms with Crippen molar-refractivity contribution in [1.29, 1.82) is 0 Å². The predicted molar refractivity (Wildman–Crippen MR) is 75.1 cm³/mol. The molecular weight excluding hydrogens is 220 g/mol. The van der Waals surface area contributed by atoms with Gasteiger partial charge in [0.15, 0.2) is 0 Å². The van der Waals surface area contributed by atoms with Crippen molar-refractivity contribution in [3.8, 4) is 0 Å². The first-order valence-electron chi connectivity index (χ1n) is 6.87. The monoisotopic (exact) mass is 238 g/mol. The van der Waals surface area contributed by atoms with Gasteiger partial charge in [-0.1, -0.05) is 26.0 Å². The van der Waals surface area contributed by atoms with Crippen molar-refractivity contribution in [2.75, 3.05) is 5.32 Å². The number of benzene rings is 1. The van der Waals surface area contributed by atoms with Gasteiger partial charge < -0.3 is 5.32 Å². The molecule has 0 amide bonds. The van der Waals surface area contributed by atoms with Crippen LogP contribution in [0.2, 0.25) is 0 Å². The highest BCUT2D eigenvalue weighted by atomic mass is 15.1. The molecule has 1 aliphatic heterocycles. The normalized spacial score (nSPS) is 19.3. The lowest BCUT2D eigenvalue weighted by atomic mass is 10.0. The van der Waals surface area contributed by atoms with Crippen LogP contribution in [-0.2, 0) is 6.42 Å². The van der Waals surface area contributed by atoms with E-state index in [1.807, 2.05) is 0 Å². The van der Waals surface area contributed by atoms with E-state index in [1.165, 1.54) is 29.4 Å². The lowest BCUT2D eigenvalue weighted by Crippen LogP contribution is -2.16. The SMILES string of the molecule is CC(C)c1ccc2cc3c(nc2c1)NC1(CC1)C3. The Morgan fingerprint density at radius 3 is 2.78 bits per heavy atom. The highest BCUT2D eigenvalue weighted by Crippen LogP contribution is 2.47. The van der Waals surface area contributed by atoms with Crippen molar-refractivity contribution in [1.82, 2.24) is 4.98 Å². The maximum absolute atomic E-state index is 4.82. The zero-order valence-corrected chi connectivity index (χ0v) is 11.0. The van der Waals surface area contributed by atoms with Crippen LogP contribution in [-0.4, -0.2) is 10.5 Å². The van der Waals surface area contributed by atoms with Crippen molar-refractivity contribution in [2.24, 2.45) is 0 Å². The second kappa shape index (κ2) is 3.25. The molecule has 0 atom stereocenters. The molecule has 4 rings (SSSR count). The Morgan fingerprint density at radius 2 is 2.06 bits per heavy atom. The molecule has 1 aliphatic carbocycles. The summed E-state index contributed by atoms with van der Waals surface area (Å²) in [5.41, 5.74) is 4.28. The molecule has 0 unspecified atom stereocenters. The van der Waals surface area contributed by atoms with Crippen LogP contribution in [0.4, 0.5) is 5.82 Å². The second-order valence-corrected chi connectivity index (χ2v) is 6.19. The zero-order chi connectivity index (χ0) is 12.3. The maximum Gasteiger partial charge on any atom is 0.130 e. The van der Waals surface area contributed by atoms with Crippen LogP contribution in [0.5, 0.6) is 0 Å². The standard InChI is InChI=1S/C16H18N2/c1-10(2)11-3-4-12-7-13-9-16(5-6-16)18-15(13)17-14(12)8-11/h3-4,7-8,10H,5-6,9H2,1-2H3,(H,17,18). The first kappa shape index (κ1) is 10.4. The molecule has 2 heterocycles. The number of aromatic nitrogens is 1. The summed E-state index contributed by atoms with van der Waals surface area (Å²) in [6.07, 6.45) is 3.77.